The number of likely N-dealkylation sites (tertiary alicyclic amines) is 1. The van der Waals surface area contributed by atoms with Gasteiger partial charge in [0.1, 0.15) is 23.2 Å². The Kier molecular flexibility index (Phi) is 13.8. The van der Waals surface area contributed by atoms with E-state index in [0.29, 0.717) is 25.7 Å². The van der Waals surface area contributed by atoms with Gasteiger partial charge >= 0.3 is 6.09 Å². The number of nitrogens with zero attached hydrogens (tertiary/aromatic N) is 1. The van der Waals surface area contributed by atoms with E-state index in [1.165, 1.54) is 11.0 Å². The number of hydrogen-bond donors (Lipinski definition) is 3. The summed E-state index contributed by atoms with van der Waals surface area (Å²) in [5.74, 6) is -2.43. The maximum absolute atomic E-state index is 14.9. The van der Waals surface area contributed by atoms with E-state index in [1.54, 1.807) is 20.8 Å². The molecule has 0 spiro atoms. The summed E-state index contributed by atoms with van der Waals surface area (Å²) in [6.45, 7) is 19.3. The van der Waals surface area contributed by atoms with Crippen LogP contribution in [0.4, 0.5) is 4.79 Å². The van der Waals surface area contributed by atoms with Gasteiger partial charge in [-0.15, -0.1) is 13.2 Å². The number of hydrogen-bond acceptors (Lipinski definition) is 8. The van der Waals surface area contributed by atoms with Crippen LogP contribution in [0.5, 0.6) is 0 Å². The Hall–Kier alpha value is -4.27. The third-order valence-electron chi connectivity index (χ3n) is 11.2. The molecule has 2 aromatic carbocycles. The second-order valence-corrected chi connectivity index (χ2v) is 24.2. The Morgan fingerprint density at radius 2 is 1.53 bits per heavy atom. The van der Waals surface area contributed by atoms with Crippen LogP contribution < -0.4 is 25.7 Å². The fourth-order valence-corrected chi connectivity index (χ4v) is 14.1. The molecular weight excluding hydrogens is 773 g/mol. The van der Waals surface area contributed by atoms with Gasteiger partial charge in [-0.1, -0.05) is 106 Å². The normalized spacial score (nSPS) is 22.7. The van der Waals surface area contributed by atoms with Gasteiger partial charge < -0.3 is 24.7 Å². The molecule has 3 aliphatic rings. The molecule has 0 unspecified atom stereocenters. The molecule has 2 saturated carbocycles. The maximum atomic E-state index is 14.9. The van der Waals surface area contributed by atoms with Crippen molar-refractivity contribution >= 4 is 52.5 Å². The van der Waals surface area contributed by atoms with E-state index >= 15 is 0 Å². The standard InChI is InChI=1S/C44H62N4O8SSi/c1-9-11-12-13-20-25-36(45-41(52)55-42(3,4)5)39(50)48-30-32(56-58(43(6,7)8,34-21-16-14-17-22-34)35-23-18-15-19-24-35)28-37(48)38(49)46-44(29-31(44)10-2)40(51)47-57(53,54)33-26-27-33/h9-10,14-19,21-24,31-33,36-37H,1-2,11-13,20,25-30H2,3-8H3,(H,45,52)(H,46,49)(H,47,51)/t31-,32-,36+,37+,44-/m1/s1. The summed E-state index contributed by atoms with van der Waals surface area (Å²) in [7, 11) is -7.08. The minimum Gasteiger partial charge on any atom is -0.444 e. The minimum absolute atomic E-state index is 0.0323. The molecule has 316 valence electrons. The van der Waals surface area contributed by atoms with Gasteiger partial charge in [0.05, 0.1) is 11.4 Å². The predicted octanol–water partition coefficient (Wildman–Crippen LogP) is 5.23. The lowest BCUT2D eigenvalue weighted by Gasteiger charge is -2.44. The number of allylic oxidation sites excluding steroid dienone is 1. The number of sulfonamides is 1. The van der Waals surface area contributed by atoms with Gasteiger partial charge in [0.15, 0.2) is 0 Å². The fraction of sp³-hybridized carbons (Fsp3) is 0.545. The molecule has 12 nitrogen and oxygen atoms in total. The van der Waals surface area contributed by atoms with Crippen LogP contribution in [0, 0.1) is 5.92 Å². The summed E-state index contributed by atoms with van der Waals surface area (Å²) in [4.78, 5) is 57.9. The van der Waals surface area contributed by atoms with Crippen molar-refractivity contribution in [2.45, 2.75) is 139 Å². The summed E-state index contributed by atoms with van der Waals surface area (Å²) in [5, 5.41) is 6.70. The van der Waals surface area contributed by atoms with Crippen LogP contribution in [-0.4, -0.2) is 86.6 Å². The van der Waals surface area contributed by atoms with Crippen molar-refractivity contribution in [2.24, 2.45) is 5.92 Å². The van der Waals surface area contributed by atoms with Crippen molar-refractivity contribution in [3.8, 4) is 0 Å². The summed E-state index contributed by atoms with van der Waals surface area (Å²) >= 11 is 0. The van der Waals surface area contributed by atoms with Crippen molar-refractivity contribution in [3.63, 3.8) is 0 Å². The minimum atomic E-state index is -3.91. The van der Waals surface area contributed by atoms with E-state index < -0.39 is 87.7 Å². The van der Waals surface area contributed by atoms with E-state index in [4.69, 9.17) is 9.16 Å². The molecule has 1 saturated heterocycles. The Balaban J connectivity index is 1.52. The van der Waals surface area contributed by atoms with E-state index in [2.05, 4.69) is 73.6 Å². The first-order valence-electron chi connectivity index (χ1n) is 20.5. The molecule has 3 N–H and O–H groups in total. The zero-order valence-corrected chi connectivity index (χ0v) is 36.7. The second kappa shape index (κ2) is 17.9. The molecule has 5 rings (SSSR count). The highest BCUT2D eigenvalue weighted by Crippen LogP contribution is 2.46. The number of ether oxygens (including phenoxy) is 1. The zero-order chi connectivity index (χ0) is 42.5. The number of unbranched alkanes of at least 4 members (excludes halogenated alkanes) is 3. The average molecular weight is 835 g/mol. The Morgan fingerprint density at radius 1 is 0.931 bits per heavy atom. The number of carbonyl (C=O) groups excluding carboxylic acids is 4. The summed E-state index contributed by atoms with van der Waals surface area (Å²) < 4.78 is 40.9. The van der Waals surface area contributed by atoms with Crippen LogP contribution in [0.3, 0.4) is 0 Å². The Morgan fingerprint density at radius 3 is 2.03 bits per heavy atom. The van der Waals surface area contributed by atoms with Crippen molar-refractivity contribution in [1.82, 2.24) is 20.3 Å². The lowest BCUT2D eigenvalue weighted by molar-refractivity contribution is -0.141. The van der Waals surface area contributed by atoms with Gasteiger partial charge in [0.2, 0.25) is 21.8 Å². The van der Waals surface area contributed by atoms with Crippen LogP contribution in [-0.2, 0) is 33.6 Å². The van der Waals surface area contributed by atoms with Crippen LogP contribution in [0.15, 0.2) is 86.0 Å². The molecular formula is C44H62N4O8SSi. The molecule has 2 aliphatic carbocycles. The number of rotatable bonds is 18. The smallest absolute Gasteiger partial charge is 0.408 e. The third kappa shape index (κ3) is 10.3. The summed E-state index contributed by atoms with van der Waals surface area (Å²) in [5.41, 5.74) is -2.37. The molecule has 0 radical (unpaired) electrons. The lowest BCUT2D eigenvalue weighted by atomic mass is 10.0. The predicted molar refractivity (Wildman–Crippen MR) is 228 cm³/mol. The first kappa shape index (κ1) is 44.8. The Labute approximate surface area is 345 Å². The molecule has 5 atom stereocenters. The fourth-order valence-electron chi connectivity index (χ4n) is 8.06. The van der Waals surface area contributed by atoms with Crippen molar-refractivity contribution in [1.29, 1.82) is 0 Å². The first-order valence-corrected chi connectivity index (χ1v) is 23.9. The molecule has 14 heteroatoms. The van der Waals surface area contributed by atoms with E-state index in [9.17, 15) is 27.6 Å². The highest BCUT2D eigenvalue weighted by molar-refractivity contribution is 7.91. The Bertz CT molecular complexity index is 1890. The quantitative estimate of drug-likeness (QED) is 0.105. The molecule has 3 fully saturated rings. The van der Waals surface area contributed by atoms with Crippen molar-refractivity contribution in [3.05, 3.63) is 86.0 Å². The molecule has 58 heavy (non-hydrogen) atoms. The SMILES string of the molecule is C=CCCCCC[C@H](NC(=O)OC(C)(C)C)C(=O)N1C[C@H](O[Si](c2ccccc2)(c2ccccc2)C(C)(C)C)C[C@H]1C(=O)N[C@]1(C(=O)NS(=O)(=O)C2CC2)C[C@H]1C=C. The highest BCUT2D eigenvalue weighted by Gasteiger charge is 2.62. The largest absolute Gasteiger partial charge is 0.444 e. The summed E-state index contributed by atoms with van der Waals surface area (Å²) in [6.07, 6.45) is 6.55. The third-order valence-corrected chi connectivity index (χ3v) is 18.2. The molecule has 4 amide bonds. The zero-order valence-electron chi connectivity index (χ0n) is 34.9. The van der Waals surface area contributed by atoms with Gasteiger partial charge in [-0.3, -0.25) is 19.1 Å². The summed E-state index contributed by atoms with van der Waals surface area (Å²) in [6, 6.07) is 18.0. The van der Waals surface area contributed by atoms with E-state index in [-0.39, 0.29) is 19.4 Å². The van der Waals surface area contributed by atoms with Crippen LogP contribution in [0.25, 0.3) is 0 Å². The lowest BCUT2D eigenvalue weighted by Crippen LogP contribution is -2.67. The number of carbonyl (C=O) groups is 4. The van der Waals surface area contributed by atoms with Gasteiger partial charge in [0, 0.05) is 18.9 Å². The second-order valence-electron chi connectivity index (χ2n) is 18.0. The number of nitrogens with one attached hydrogen (secondary N) is 3. The van der Waals surface area contributed by atoms with Gasteiger partial charge in [-0.25, -0.2) is 13.2 Å². The van der Waals surface area contributed by atoms with Gasteiger partial charge in [0.25, 0.3) is 14.2 Å². The molecule has 1 heterocycles. The highest BCUT2D eigenvalue weighted by atomic mass is 32.2. The number of alkyl carbamates (subject to hydrolysis) is 1. The molecule has 2 aromatic rings. The monoisotopic (exact) mass is 834 g/mol. The maximum Gasteiger partial charge on any atom is 0.408 e. The first-order chi connectivity index (χ1) is 27.3. The van der Waals surface area contributed by atoms with Gasteiger partial charge in [-0.2, -0.15) is 0 Å². The number of benzene rings is 2. The van der Waals surface area contributed by atoms with Crippen molar-refractivity contribution < 1.29 is 36.8 Å². The molecule has 0 aromatic heterocycles. The topological polar surface area (TPSA) is 160 Å². The van der Waals surface area contributed by atoms with Crippen LogP contribution in [0.2, 0.25) is 5.04 Å². The number of amides is 4. The van der Waals surface area contributed by atoms with E-state index in [0.717, 1.165) is 29.6 Å². The van der Waals surface area contributed by atoms with Crippen LogP contribution >= 0.6 is 0 Å². The average Bonchev–Trinajstić information content (AvgIpc) is 4.09. The van der Waals surface area contributed by atoms with Crippen molar-refractivity contribution in [2.75, 3.05) is 6.54 Å². The van der Waals surface area contributed by atoms with Crippen LogP contribution in [0.1, 0.15) is 99.3 Å². The van der Waals surface area contributed by atoms with E-state index in [1.807, 2.05) is 42.5 Å². The molecule has 0 bridgehead atoms. The molecule has 1 aliphatic heterocycles. The van der Waals surface area contributed by atoms with Gasteiger partial charge in [-0.05, 0) is 74.7 Å².